The van der Waals surface area contributed by atoms with Crippen LogP contribution in [0.3, 0.4) is 0 Å². The number of piperazine rings is 1. The molecule has 166 valence electrons. The van der Waals surface area contributed by atoms with Crippen molar-refractivity contribution in [2.75, 3.05) is 36.8 Å². The number of halogens is 2. The maximum absolute atomic E-state index is 13.7. The predicted molar refractivity (Wildman–Crippen MR) is 125 cm³/mol. The van der Waals surface area contributed by atoms with E-state index in [0.717, 1.165) is 0 Å². The average Bonchev–Trinajstić information content (AvgIpc) is 2.82. The van der Waals surface area contributed by atoms with Crippen molar-refractivity contribution in [3.05, 3.63) is 82.0 Å². The Bertz CT molecular complexity index is 1150. The number of amides is 1. The molecule has 1 saturated heterocycles. The lowest BCUT2D eigenvalue weighted by Gasteiger charge is -2.36. The van der Waals surface area contributed by atoms with E-state index < -0.39 is 0 Å². The van der Waals surface area contributed by atoms with Crippen molar-refractivity contribution in [2.45, 2.75) is 11.3 Å². The normalized spacial score (nSPS) is 13.9. The molecule has 0 atom stereocenters. The van der Waals surface area contributed by atoms with Gasteiger partial charge in [-0.2, -0.15) is 9.78 Å². The van der Waals surface area contributed by atoms with Crippen LogP contribution in [0.15, 0.2) is 70.5 Å². The molecule has 0 bridgehead atoms. The number of aromatic nitrogens is 2. The zero-order valence-electron chi connectivity index (χ0n) is 17.3. The molecule has 0 N–H and O–H groups in total. The molecule has 1 amide bonds. The highest BCUT2D eigenvalue weighted by Gasteiger charge is 2.24. The topological polar surface area (TPSA) is 58.4 Å². The van der Waals surface area contributed by atoms with Crippen LogP contribution in [0.5, 0.6) is 0 Å². The fourth-order valence-corrected chi connectivity index (χ4v) is 4.69. The number of anilines is 1. The number of carbonyl (C=O) groups excluding carboxylic acids is 1. The second-order valence-corrected chi connectivity index (χ2v) is 8.81. The number of hydrogen-bond acceptors (Lipinski definition) is 5. The van der Waals surface area contributed by atoms with Crippen molar-refractivity contribution in [2.24, 2.45) is 0 Å². The zero-order valence-corrected chi connectivity index (χ0v) is 18.9. The van der Waals surface area contributed by atoms with Gasteiger partial charge in [-0.15, -0.1) is 11.8 Å². The Hall–Kier alpha value is -2.84. The van der Waals surface area contributed by atoms with Gasteiger partial charge in [-0.05, 0) is 24.3 Å². The molecule has 2 heterocycles. The molecule has 0 unspecified atom stereocenters. The molecule has 1 fully saturated rings. The molecular weight excluding hydrogens is 451 g/mol. The van der Waals surface area contributed by atoms with E-state index in [1.807, 2.05) is 23.1 Å². The summed E-state index contributed by atoms with van der Waals surface area (Å²) in [4.78, 5) is 29.6. The summed E-state index contributed by atoms with van der Waals surface area (Å²) in [6.07, 6.45) is 1.94. The summed E-state index contributed by atoms with van der Waals surface area (Å²) in [5.41, 5.74) is 0.847. The first-order valence-electron chi connectivity index (χ1n) is 10.3. The van der Waals surface area contributed by atoms with Crippen LogP contribution in [0.4, 0.5) is 10.1 Å². The van der Waals surface area contributed by atoms with E-state index in [1.165, 1.54) is 22.5 Å². The number of hydrogen-bond donors (Lipinski definition) is 0. The van der Waals surface area contributed by atoms with E-state index in [2.05, 4.69) is 5.10 Å². The molecule has 32 heavy (non-hydrogen) atoms. The van der Waals surface area contributed by atoms with Crippen LogP contribution in [0.25, 0.3) is 5.69 Å². The van der Waals surface area contributed by atoms with Gasteiger partial charge in [0.25, 0.3) is 5.56 Å². The monoisotopic (exact) mass is 472 g/mol. The van der Waals surface area contributed by atoms with E-state index in [0.29, 0.717) is 54.6 Å². The van der Waals surface area contributed by atoms with Crippen LogP contribution < -0.4 is 10.5 Å². The first-order chi connectivity index (χ1) is 15.5. The van der Waals surface area contributed by atoms with Crippen LogP contribution in [0.1, 0.15) is 6.42 Å². The molecule has 0 aliphatic carbocycles. The van der Waals surface area contributed by atoms with Gasteiger partial charge in [-0.1, -0.05) is 41.9 Å². The third-order valence-electron chi connectivity index (χ3n) is 5.28. The lowest BCUT2D eigenvalue weighted by Crippen LogP contribution is -2.49. The molecule has 0 saturated carbocycles. The summed E-state index contributed by atoms with van der Waals surface area (Å²) < 4.78 is 15.0. The zero-order chi connectivity index (χ0) is 22.5. The highest BCUT2D eigenvalue weighted by molar-refractivity contribution is 7.99. The number of benzene rings is 2. The summed E-state index contributed by atoms with van der Waals surface area (Å²) >= 11 is 7.74. The second kappa shape index (κ2) is 10.2. The van der Waals surface area contributed by atoms with Crippen molar-refractivity contribution in [3.8, 4) is 5.69 Å². The first kappa shape index (κ1) is 22.4. The molecule has 3 aromatic rings. The molecule has 2 aromatic carbocycles. The molecular formula is C23H22ClFN4O2S. The fourth-order valence-electron chi connectivity index (χ4n) is 3.56. The Kier molecular flexibility index (Phi) is 7.12. The highest BCUT2D eigenvalue weighted by Crippen LogP contribution is 2.24. The van der Waals surface area contributed by atoms with Gasteiger partial charge in [0.05, 0.1) is 17.6 Å². The average molecular weight is 473 g/mol. The predicted octanol–water partition coefficient (Wildman–Crippen LogP) is 3.86. The maximum Gasteiger partial charge on any atom is 0.292 e. The second-order valence-electron chi connectivity index (χ2n) is 7.29. The van der Waals surface area contributed by atoms with Crippen LogP contribution in [0.2, 0.25) is 5.02 Å². The number of nitrogens with zero attached hydrogens (tertiary/aromatic N) is 4. The molecule has 1 aliphatic rings. The summed E-state index contributed by atoms with van der Waals surface area (Å²) in [6, 6.07) is 15.7. The van der Waals surface area contributed by atoms with Gasteiger partial charge in [0, 0.05) is 43.2 Å². The third kappa shape index (κ3) is 4.97. The minimum absolute atomic E-state index is 0.0391. The molecule has 4 rings (SSSR count). The van der Waals surface area contributed by atoms with Gasteiger partial charge in [-0.3, -0.25) is 9.59 Å². The minimum atomic E-state index is -0.376. The van der Waals surface area contributed by atoms with Crippen LogP contribution in [-0.2, 0) is 4.79 Å². The highest BCUT2D eigenvalue weighted by atomic mass is 35.5. The molecule has 0 spiro atoms. The van der Waals surface area contributed by atoms with Gasteiger partial charge in [-0.25, -0.2) is 4.39 Å². The number of rotatable bonds is 6. The Labute approximate surface area is 194 Å². The Morgan fingerprint density at radius 3 is 2.44 bits per heavy atom. The smallest absolute Gasteiger partial charge is 0.292 e. The molecule has 1 aliphatic heterocycles. The standard InChI is InChI=1S/C23H22ClFN4O2S/c24-22-19(16-26-29(23(22)31)17-6-2-1-3-7-17)27-11-13-28(14-12-27)21(30)10-15-32-20-9-5-4-8-18(20)25/h1-9,16H,10-15H2. The van der Waals surface area contributed by atoms with Crippen molar-refractivity contribution < 1.29 is 9.18 Å². The summed E-state index contributed by atoms with van der Waals surface area (Å²) in [7, 11) is 0. The molecule has 9 heteroatoms. The Morgan fingerprint density at radius 1 is 1.03 bits per heavy atom. The van der Waals surface area contributed by atoms with Crippen LogP contribution in [0, 0.1) is 5.82 Å². The largest absolute Gasteiger partial charge is 0.365 e. The molecule has 0 radical (unpaired) electrons. The SMILES string of the molecule is O=C(CCSc1ccccc1F)N1CCN(c2cnn(-c3ccccc3)c(=O)c2Cl)CC1. The van der Waals surface area contributed by atoms with Crippen molar-refractivity contribution in [1.29, 1.82) is 0 Å². The molecule has 1 aromatic heterocycles. The lowest BCUT2D eigenvalue weighted by atomic mass is 10.2. The maximum atomic E-state index is 13.7. The van der Waals surface area contributed by atoms with E-state index in [9.17, 15) is 14.0 Å². The van der Waals surface area contributed by atoms with Crippen molar-refractivity contribution in [1.82, 2.24) is 14.7 Å². The van der Waals surface area contributed by atoms with Gasteiger partial charge in [0.15, 0.2) is 0 Å². The summed E-state index contributed by atoms with van der Waals surface area (Å²) in [5, 5.41) is 4.39. The van der Waals surface area contributed by atoms with Gasteiger partial charge in [0.2, 0.25) is 5.91 Å². The van der Waals surface area contributed by atoms with Crippen LogP contribution >= 0.6 is 23.4 Å². The van der Waals surface area contributed by atoms with Crippen molar-refractivity contribution in [3.63, 3.8) is 0 Å². The first-order valence-corrected chi connectivity index (χ1v) is 11.6. The summed E-state index contributed by atoms with van der Waals surface area (Å²) in [6.45, 7) is 2.17. The van der Waals surface area contributed by atoms with E-state index in [4.69, 9.17) is 11.6 Å². The Balaban J connectivity index is 1.33. The van der Waals surface area contributed by atoms with Gasteiger partial charge < -0.3 is 9.80 Å². The number of para-hydroxylation sites is 1. The summed E-state index contributed by atoms with van der Waals surface area (Å²) in [5.74, 6) is 0.295. The fraction of sp³-hybridized carbons (Fsp3) is 0.261. The quantitative estimate of drug-likeness (QED) is 0.510. The van der Waals surface area contributed by atoms with Crippen LogP contribution in [-0.4, -0.2) is 52.5 Å². The van der Waals surface area contributed by atoms with E-state index in [-0.39, 0.29) is 22.3 Å². The van der Waals surface area contributed by atoms with Crippen molar-refractivity contribution >= 4 is 35.0 Å². The third-order valence-corrected chi connectivity index (χ3v) is 6.69. The number of thioether (sulfide) groups is 1. The van der Waals surface area contributed by atoms with Gasteiger partial charge in [0.1, 0.15) is 10.8 Å². The Morgan fingerprint density at radius 2 is 1.72 bits per heavy atom. The lowest BCUT2D eigenvalue weighted by molar-refractivity contribution is -0.131. The molecule has 6 nitrogen and oxygen atoms in total. The van der Waals surface area contributed by atoms with E-state index >= 15 is 0 Å². The minimum Gasteiger partial charge on any atom is -0.365 e. The number of carbonyl (C=O) groups is 1. The van der Waals surface area contributed by atoms with Gasteiger partial charge >= 0.3 is 0 Å². The van der Waals surface area contributed by atoms with E-state index in [1.54, 1.807) is 41.4 Å².